The first-order chi connectivity index (χ1) is 13.6. The Morgan fingerprint density at radius 2 is 1.86 bits per heavy atom. The van der Waals surface area contributed by atoms with Gasteiger partial charge in [0.1, 0.15) is 17.2 Å². The monoisotopic (exact) mass is 510 g/mol. The third kappa shape index (κ3) is 4.82. The number of fused-ring (bicyclic) bond motifs is 1. The SMILES string of the molecule is CCOC(=O)C1=Cc2cc(Cl)c(Oc3ccc(Br)cc3Cl)cc2OC1C(F)(F)F. The van der Waals surface area contributed by atoms with Crippen LogP contribution in [-0.2, 0) is 9.53 Å². The van der Waals surface area contributed by atoms with Crippen molar-refractivity contribution in [3.63, 3.8) is 0 Å². The molecule has 0 saturated carbocycles. The number of rotatable bonds is 4. The highest BCUT2D eigenvalue weighted by Crippen LogP contribution is 2.43. The molecule has 2 aromatic carbocycles. The lowest BCUT2D eigenvalue weighted by Gasteiger charge is -2.28. The average molecular weight is 512 g/mol. The fourth-order valence-electron chi connectivity index (χ4n) is 2.58. The predicted octanol–water partition coefficient (Wildman–Crippen LogP) is 6.82. The molecular weight excluding hydrogens is 500 g/mol. The molecule has 1 heterocycles. The molecule has 0 fully saturated rings. The highest BCUT2D eigenvalue weighted by atomic mass is 79.9. The summed E-state index contributed by atoms with van der Waals surface area (Å²) in [7, 11) is 0. The van der Waals surface area contributed by atoms with Crippen LogP contribution in [0.4, 0.5) is 13.2 Å². The number of carbonyl (C=O) groups excluding carboxylic acids is 1. The Kier molecular flexibility index (Phi) is 6.36. The van der Waals surface area contributed by atoms with Gasteiger partial charge in [0.05, 0.1) is 22.2 Å². The number of hydrogen-bond donors (Lipinski definition) is 0. The first-order valence-corrected chi connectivity index (χ1v) is 9.73. The van der Waals surface area contributed by atoms with Crippen molar-refractivity contribution in [3.05, 3.63) is 56.0 Å². The van der Waals surface area contributed by atoms with Gasteiger partial charge < -0.3 is 14.2 Å². The Morgan fingerprint density at radius 1 is 1.17 bits per heavy atom. The number of carbonyl (C=O) groups is 1. The van der Waals surface area contributed by atoms with Crippen molar-refractivity contribution >= 4 is 51.2 Å². The van der Waals surface area contributed by atoms with E-state index in [1.54, 1.807) is 18.2 Å². The number of ether oxygens (including phenoxy) is 3. The normalized spacial score (nSPS) is 15.8. The van der Waals surface area contributed by atoms with Crippen molar-refractivity contribution in [2.75, 3.05) is 6.61 Å². The minimum atomic E-state index is -4.83. The molecule has 0 amide bonds. The fourth-order valence-corrected chi connectivity index (χ4v) is 3.50. The van der Waals surface area contributed by atoms with E-state index < -0.39 is 23.8 Å². The van der Waals surface area contributed by atoms with Crippen LogP contribution in [0.15, 0.2) is 40.4 Å². The van der Waals surface area contributed by atoms with Crippen molar-refractivity contribution in [2.45, 2.75) is 19.2 Å². The van der Waals surface area contributed by atoms with E-state index in [2.05, 4.69) is 15.9 Å². The van der Waals surface area contributed by atoms with E-state index in [0.29, 0.717) is 0 Å². The Balaban J connectivity index is 2.01. The second-order valence-corrected chi connectivity index (χ2v) is 7.59. The molecule has 10 heteroatoms. The van der Waals surface area contributed by atoms with Gasteiger partial charge in [-0.3, -0.25) is 0 Å². The van der Waals surface area contributed by atoms with Crippen molar-refractivity contribution in [2.24, 2.45) is 0 Å². The molecule has 0 N–H and O–H groups in total. The molecule has 1 aliphatic rings. The summed E-state index contributed by atoms with van der Waals surface area (Å²) in [6.45, 7) is 1.42. The van der Waals surface area contributed by atoms with Crippen LogP contribution < -0.4 is 9.47 Å². The molecule has 1 aliphatic heterocycles. The molecule has 1 atom stereocenters. The lowest BCUT2D eigenvalue weighted by molar-refractivity contribution is -0.187. The van der Waals surface area contributed by atoms with E-state index in [4.69, 9.17) is 37.4 Å². The van der Waals surface area contributed by atoms with Crippen LogP contribution >= 0.6 is 39.1 Å². The maximum absolute atomic E-state index is 13.5. The Labute approximate surface area is 182 Å². The molecule has 29 heavy (non-hydrogen) atoms. The number of esters is 1. The first kappa shape index (κ1) is 21.8. The fraction of sp³-hybridized carbons (Fsp3) is 0.211. The molecule has 0 spiro atoms. The zero-order valence-corrected chi connectivity index (χ0v) is 17.7. The van der Waals surface area contributed by atoms with Crippen LogP contribution in [0.1, 0.15) is 12.5 Å². The predicted molar refractivity (Wildman–Crippen MR) is 106 cm³/mol. The summed E-state index contributed by atoms with van der Waals surface area (Å²) in [6, 6.07) is 7.39. The second-order valence-electron chi connectivity index (χ2n) is 5.86. The van der Waals surface area contributed by atoms with Crippen molar-refractivity contribution in [1.29, 1.82) is 0 Å². The van der Waals surface area contributed by atoms with E-state index >= 15 is 0 Å². The molecule has 154 valence electrons. The zero-order chi connectivity index (χ0) is 21.3. The molecule has 2 aromatic rings. The lowest BCUT2D eigenvalue weighted by Crippen LogP contribution is -2.40. The Morgan fingerprint density at radius 3 is 2.48 bits per heavy atom. The highest BCUT2D eigenvalue weighted by molar-refractivity contribution is 9.10. The standard InChI is InChI=1S/C19H12BrCl2F3O4/c1-2-27-18(26)11-5-9-6-12(21)16(8-15(9)29-17(11)19(23,24)25)28-14-4-3-10(20)7-13(14)22/h3-8,17H,2H2,1H3. The van der Waals surface area contributed by atoms with E-state index in [1.165, 1.54) is 19.1 Å². The van der Waals surface area contributed by atoms with Crippen LogP contribution in [0.2, 0.25) is 10.0 Å². The largest absolute Gasteiger partial charge is 0.475 e. The quantitative estimate of drug-likeness (QED) is 0.422. The van der Waals surface area contributed by atoms with Crippen molar-refractivity contribution < 1.29 is 32.2 Å². The number of benzene rings is 2. The lowest BCUT2D eigenvalue weighted by atomic mass is 10.0. The van der Waals surface area contributed by atoms with Gasteiger partial charge in [-0.15, -0.1) is 0 Å². The smallest absolute Gasteiger partial charge is 0.430 e. The van der Waals surface area contributed by atoms with E-state index in [9.17, 15) is 18.0 Å². The van der Waals surface area contributed by atoms with E-state index in [1.807, 2.05) is 0 Å². The van der Waals surface area contributed by atoms with Gasteiger partial charge in [-0.2, -0.15) is 13.2 Å². The summed E-state index contributed by atoms with van der Waals surface area (Å²) in [5.74, 6) is -0.960. The van der Waals surface area contributed by atoms with Crippen LogP contribution in [0.25, 0.3) is 6.08 Å². The molecular formula is C19H12BrCl2F3O4. The van der Waals surface area contributed by atoms with Crippen molar-refractivity contribution in [3.8, 4) is 17.2 Å². The Hall–Kier alpha value is -1.90. The number of hydrogen-bond acceptors (Lipinski definition) is 4. The number of halogens is 6. The summed E-state index contributed by atoms with van der Waals surface area (Å²) < 4.78 is 56.5. The van der Waals surface area contributed by atoms with Crippen LogP contribution in [0.5, 0.6) is 17.2 Å². The van der Waals surface area contributed by atoms with Gasteiger partial charge in [-0.05, 0) is 37.3 Å². The van der Waals surface area contributed by atoms with Gasteiger partial charge in [-0.1, -0.05) is 39.1 Å². The van der Waals surface area contributed by atoms with Crippen LogP contribution in [0, 0.1) is 0 Å². The summed E-state index contributed by atoms with van der Waals surface area (Å²) in [6.07, 6.45) is -6.25. The zero-order valence-electron chi connectivity index (χ0n) is 14.6. The molecule has 4 nitrogen and oxygen atoms in total. The maximum atomic E-state index is 13.5. The maximum Gasteiger partial charge on any atom is 0.430 e. The van der Waals surface area contributed by atoms with Gasteiger partial charge in [0, 0.05) is 16.1 Å². The third-order valence-electron chi connectivity index (χ3n) is 3.82. The average Bonchev–Trinajstić information content (AvgIpc) is 2.63. The molecule has 0 aromatic heterocycles. The first-order valence-electron chi connectivity index (χ1n) is 8.18. The summed E-state index contributed by atoms with van der Waals surface area (Å²) in [5.41, 5.74) is -0.472. The van der Waals surface area contributed by atoms with Gasteiger partial charge in [0.2, 0.25) is 6.10 Å². The van der Waals surface area contributed by atoms with E-state index in [-0.39, 0.29) is 39.5 Å². The Bertz CT molecular complexity index is 992. The molecule has 0 saturated heterocycles. The van der Waals surface area contributed by atoms with Crippen LogP contribution in [0.3, 0.4) is 0 Å². The van der Waals surface area contributed by atoms with Crippen molar-refractivity contribution in [1.82, 2.24) is 0 Å². The minimum absolute atomic E-state index is 0.0450. The second kappa shape index (κ2) is 8.45. The molecule has 1 unspecified atom stereocenters. The highest BCUT2D eigenvalue weighted by Gasteiger charge is 2.49. The molecule has 0 bridgehead atoms. The van der Waals surface area contributed by atoms with Gasteiger partial charge in [-0.25, -0.2) is 4.79 Å². The molecule has 3 rings (SSSR count). The third-order valence-corrected chi connectivity index (χ3v) is 4.91. The topological polar surface area (TPSA) is 44.8 Å². The number of alkyl halides is 3. The molecule has 0 aliphatic carbocycles. The summed E-state index contributed by atoms with van der Waals surface area (Å²) in [5, 5.41) is 0.364. The van der Waals surface area contributed by atoms with Crippen LogP contribution in [-0.4, -0.2) is 24.9 Å². The van der Waals surface area contributed by atoms with Gasteiger partial charge >= 0.3 is 12.1 Å². The summed E-state index contributed by atoms with van der Waals surface area (Å²) >= 11 is 15.6. The van der Waals surface area contributed by atoms with E-state index in [0.717, 1.165) is 10.5 Å². The summed E-state index contributed by atoms with van der Waals surface area (Å²) in [4.78, 5) is 12.0. The minimum Gasteiger partial charge on any atom is -0.475 e. The molecule has 0 radical (unpaired) electrons. The van der Waals surface area contributed by atoms with Gasteiger partial charge in [0.25, 0.3) is 0 Å². The van der Waals surface area contributed by atoms with Gasteiger partial charge in [0.15, 0.2) is 0 Å².